The summed E-state index contributed by atoms with van der Waals surface area (Å²) in [5.41, 5.74) is 0. The second-order valence-corrected chi connectivity index (χ2v) is 3.85. The Balaban J connectivity index is 2.31. The van der Waals surface area contributed by atoms with Crippen molar-refractivity contribution in [2.75, 3.05) is 13.2 Å². The Morgan fingerprint density at radius 3 is 2.94 bits per heavy atom. The van der Waals surface area contributed by atoms with E-state index >= 15 is 0 Å². The van der Waals surface area contributed by atoms with Gasteiger partial charge in [0.1, 0.15) is 6.04 Å². The summed E-state index contributed by atoms with van der Waals surface area (Å²) in [6, 6.07) is -0.191. The van der Waals surface area contributed by atoms with Crippen LogP contribution >= 0.6 is 0 Å². The second kappa shape index (κ2) is 7.84. The molecule has 1 aromatic rings. The summed E-state index contributed by atoms with van der Waals surface area (Å²) in [6.45, 7) is 5.86. The van der Waals surface area contributed by atoms with E-state index in [2.05, 4.69) is 17.2 Å². The van der Waals surface area contributed by atoms with Gasteiger partial charge in [-0.05, 0) is 13.3 Å². The summed E-state index contributed by atoms with van der Waals surface area (Å²) < 4.78 is 7.00. The van der Waals surface area contributed by atoms with Crippen LogP contribution in [-0.4, -0.2) is 34.7 Å². The standard InChI is InChI=1S/C12H21N3O2/c1-3-5-11(12(16)17-4-2)14-7-9-15-8-6-13-10-15/h6,8,10-11,14H,3-5,7,9H2,1-2H3. The van der Waals surface area contributed by atoms with Crippen LogP contribution in [0.4, 0.5) is 0 Å². The van der Waals surface area contributed by atoms with Crippen molar-refractivity contribution in [3.8, 4) is 0 Å². The monoisotopic (exact) mass is 239 g/mol. The fourth-order valence-corrected chi connectivity index (χ4v) is 1.62. The first-order valence-corrected chi connectivity index (χ1v) is 6.13. The lowest BCUT2D eigenvalue weighted by Crippen LogP contribution is -2.39. The Labute approximate surface area is 102 Å². The van der Waals surface area contributed by atoms with Crippen LogP contribution in [0.25, 0.3) is 0 Å². The van der Waals surface area contributed by atoms with Crippen molar-refractivity contribution in [2.45, 2.75) is 39.3 Å². The predicted octanol–water partition coefficient (Wildman–Crippen LogP) is 1.20. The van der Waals surface area contributed by atoms with Crippen LogP contribution in [0.5, 0.6) is 0 Å². The molecule has 0 saturated heterocycles. The molecule has 0 bridgehead atoms. The highest BCUT2D eigenvalue weighted by molar-refractivity contribution is 5.75. The van der Waals surface area contributed by atoms with E-state index in [0.717, 1.165) is 25.9 Å². The van der Waals surface area contributed by atoms with Gasteiger partial charge < -0.3 is 14.6 Å². The molecule has 0 aliphatic carbocycles. The smallest absolute Gasteiger partial charge is 0.323 e. The van der Waals surface area contributed by atoms with Crippen molar-refractivity contribution in [3.63, 3.8) is 0 Å². The van der Waals surface area contributed by atoms with Crippen LogP contribution in [0.2, 0.25) is 0 Å². The molecule has 0 spiro atoms. The minimum absolute atomic E-state index is 0.153. The number of aromatic nitrogens is 2. The number of rotatable bonds is 8. The largest absolute Gasteiger partial charge is 0.465 e. The summed E-state index contributed by atoms with van der Waals surface area (Å²) in [6.07, 6.45) is 7.18. The number of carbonyl (C=O) groups excluding carboxylic acids is 1. The third-order valence-corrected chi connectivity index (χ3v) is 2.47. The fraction of sp³-hybridized carbons (Fsp3) is 0.667. The number of nitrogens with one attached hydrogen (secondary N) is 1. The summed E-state index contributed by atoms with van der Waals surface area (Å²) in [4.78, 5) is 15.6. The zero-order chi connectivity index (χ0) is 12.5. The van der Waals surface area contributed by atoms with Crippen molar-refractivity contribution in [3.05, 3.63) is 18.7 Å². The second-order valence-electron chi connectivity index (χ2n) is 3.85. The maximum absolute atomic E-state index is 11.6. The van der Waals surface area contributed by atoms with Crippen LogP contribution in [0, 0.1) is 0 Å². The van der Waals surface area contributed by atoms with Crippen LogP contribution in [0.1, 0.15) is 26.7 Å². The fourth-order valence-electron chi connectivity index (χ4n) is 1.62. The number of esters is 1. The van der Waals surface area contributed by atoms with E-state index in [0.29, 0.717) is 6.61 Å². The van der Waals surface area contributed by atoms with Crippen LogP contribution < -0.4 is 5.32 Å². The van der Waals surface area contributed by atoms with Crippen molar-refractivity contribution in [1.29, 1.82) is 0 Å². The number of carbonyl (C=O) groups is 1. The molecule has 1 atom stereocenters. The van der Waals surface area contributed by atoms with Crippen LogP contribution in [0.3, 0.4) is 0 Å². The minimum atomic E-state index is -0.191. The molecule has 17 heavy (non-hydrogen) atoms. The number of hydrogen-bond acceptors (Lipinski definition) is 4. The molecule has 1 rings (SSSR count). The summed E-state index contributed by atoms with van der Waals surface area (Å²) >= 11 is 0. The lowest BCUT2D eigenvalue weighted by Gasteiger charge is -2.16. The number of ether oxygens (including phenoxy) is 1. The first-order valence-electron chi connectivity index (χ1n) is 6.13. The molecule has 1 N–H and O–H groups in total. The van der Waals surface area contributed by atoms with Gasteiger partial charge in [-0.15, -0.1) is 0 Å². The van der Waals surface area contributed by atoms with Gasteiger partial charge in [0, 0.05) is 25.5 Å². The molecule has 0 aliphatic heterocycles. The molecule has 96 valence electrons. The highest BCUT2D eigenvalue weighted by Crippen LogP contribution is 1.99. The average Bonchev–Trinajstić information content (AvgIpc) is 2.81. The minimum Gasteiger partial charge on any atom is -0.465 e. The normalized spacial score (nSPS) is 12.4. The molecule has 5 heteroatoms. The van der Waals surface area contributed by atoms with Gasteiger partial charge in [-0.1, -0.05) is 13.3 Å². The third-order valence-electron chi connectivity index (χ3n) is 2.47. The maximum Gasteiger partial charge on any atom is 0.323 e. The summed E-state index contributed by atoms with van der Waals surface area (Å²) in [5, 5.41) is 3.22. The van der Waals surface area contributed by atoms with Gasteiger partial charge in [0.2, 0.25) is 0 Å². The number of nitrogens with zero attached hydrogens (tertiary/aromatic N) is 2. The quantitative estimate of drug-likeness (QED) is 0.693. The predicted molar refractivity (Wildman–Crippen MR) is 65.6 cm³/mol. The number of hydrogen-bond donors (Lipinski definition) is 1. The third kappa shape index (κ3) is 4.99. The molecule has 0 amide bonds. The van der Waals surface area contributed by atoms with Crippen molar-refractivity contribution in [2.24, 2.45) is 0 Å². The Morgan fingerprint density at radius 2 is 2.35 bits per heavy atom. The maximum atomic E-state index is 11.6. The van der Waals surface area contributed by atoms with E-state index in [9.17, 15) is 4.79 Å². The average molecular weight is 239 g/mol. The first kappa shape index (κ1) is 13.7. The Hall–Kier alpha value is -1.36. The topological polar surface area (TPSA) is 56.2 Å². The van der Waals surface area contributed by atoms with E-state index in [1.165, 1.54) is 0 Å². The van der Waals surface area contributed by atoms with E-state index < -0.39 is 0 Å². The molecule has 0 radical (unpaired) electrons. The van der Waals surface area contributed by atoms with Gasteiger partial charge in [0.15, 0.2) is 0 Å². The van der Waals surface area contributed by atoms with E-state index in [4.69, 9.17) is 4.74 Å². The van der Waals surface area contributed by atoms with Crippen LogP contribution in [-0.2, 0) is 16.1 Å². The SMILES string of the molecule is CCCC(NCCn1ccnc1)C(=O)OCC. The molecule has 0 aromatic carbocycles. The van der Waals surface area contributed by atoms with Crippen molar-refractivity contribution < 1.29 is 9.53 Å². The Bertz CT molecular complexity index is 312. The Kier molecular flexibility index (Phi) is 6.32. The zero-order valence-corrected chi connectivity index (χ0v) is 10.6. The first-order chi connectivity index (χ1) is 8.27. The van der Waals surface area contributed by atoms with Gasteiger partial charge in [-0.25, -0.2) is 4.98 Å². The summed E-state index contributed by atoms with van der Waals surface area (Å²) in [7, 11) is 0. The molecular formula is C12H21N3O2. The molecule has 0 fully saturated rings. The molecule has 1 heterocycles. The highest BCUT2D eigenvalue weighted by atomic mass is 16.5. The van der Waals surface area contributed by atoms with Gasteiger partial charge in [-0.2, -0.15) is 0 Å². The summed E-state index contributed by atoms with van der Waals surface area (Å²) in [5.74, 6) is -0.153. The molecule has 1 unspecified atom stereocenters. The van der Waals surface area contributed by atoms with Crippen LogP contribution in [0.15, 0.2) is 18.7 Å². The molecule has 5 nitrogen and oxygen atoms in total. The Morgan fingerprint density at radius 1 is 1.53 bits per heavy atom. The van der Waals surface area contributed by atoms with Gasteiger partial charge in [-0.3, -0.25) is 4.79 Å². The molecular weight excluding hydrogens is 218 g/mol. The molecule has 0 aliphatic rings. The highest BCUT2D eigenvalue weighted by Gasteiger charge is 2.17. The van der Waals surface area contributed by atoms with Crippen molar-refractivity contribution >= 4 is 5.97 Å². The lowest BCUT2D eigenvalue weighted by molar-refractivity contribution is -0.145. The van der Waals surface area contributed by atoms with E-state index in [1.54, 1.807) is 12.5 Å². The molecule has 1 aromatic heterocycles. The van der Waals surface area contributed by atoms with E-state index in [1.807, 2.05) is 17.7 Å². The van der Waals surface area contributed by atoms with E-state index in [-0.39, 0.29) is 12.0 Å². The van der Waals surface area contributed by atoms with Crippen molar-refractivity contribution in [1.82, 2.24) is 14.9 Å². The van der Waals surface area contributed by atoms with Gasteiger partial charge >= 0.3 is 5.97 Å². The van der Waals surface area contributed by atoms with Gasteiger partial charge in [0.25, 0.3) is 0 Å². The lowest BCUT2D eigenvalue weighted by atomic mass is 10.1. The van der Waals surface area contributed by atoms with Gasteiger partial charge in [0.05, 0.1) is 12.9 Å². The molecule has 0 saturated carbocycles. The number of imidazole rings is 1. The zero-order valence-electron chi connectivity index (χ0n) is 10.6.